The fraction of sp³-hybridized carbons (Fsp3) is 0.625. The van der Waals surface area contributed by atoms with Gasteiger partial charge in [-0.15, -0.1) is 0 Å². The molecular weight excluding hydrogens is 582 g/mol. The van der Waals surface area contributed by atoms with Gasteiger partial charge in [0.2, 0.25) is 5.95 Å². The van der Waals surface area contributed by atoms with Crippen molar-refractivity contribution in [3.05, 3.63) is 36.2 Å². The van der Waals surface area contributed by atoms with Crippen LogP contribution >= 0.6 is 0 Å². The predicted octanol–water partition coefficient (Wildman–Crippen LogP) is 5.11. The first-order chi connectivity index (χ1) is 21.6. The fourth-order valence-corrected chi connectivity index (χ4v) is 6.55. The molecule has 1 aliphatic carbocycles. The van der Waals surface area contributed by atoms with E-state index in [1.54, 1.807) is 24.3 Å². The van der Waals surface area contributed by atoms with Crippen molar-refractivity contribution in [3.8, 4) is 5.82 Å². The highest BCUT2D eigenvalue weighted by atomic mass is 19.3. The minimum Gasteiger partial charge on any atom is -0.444 e. The number of amides is 1. The van der Waals surface area contributed by atoms with Crippen LogP contribution in [0.25, 0.3) is 16.9 Å². The number of aromatic nitrogens is 4. The zero-order valence-electron chi connectivity index (χ0n) is 26.4. The molecule has 45 heavy (non-hydrogen) atoms. The van der Waals surface area contributed by atoms with Gasteiger partial charge in [0, 0.05) is 57.9 Å². The summed E-state index contributed by atoms with van der Waals surface area (Å²) < 4.78 is 40.9. The van der Waals surface area contributed by atoms with Crippen LogP contribution in [0.4, 0.5) is 25.3 Å². The number of halogens is 2. The molecule has 4 heterocycles. The quantitative estimate of drug-likeness (QED) is 0.383. The number of piperazine rings is 1. The number of alkyl halides is 2. The van der Waals surface area contributed by atoms with E-state index in [2.05, 4.69) is 20.1 Å². The molecule has 11 nitrogen and oxygen atoms in total. The molecule has 0 bridgehead atoms. The van der Waals surface area contributed by atoms with Crippen molar-refractivity contribution in [2.24, 2.45) is 5.92 Å². The van der Waals surface area contributed by atoms with Crippen LogP contribution in [0.15, 0.2) is 30.3 Å². The molecule has 2 aliphatic heterocycles. The summed E-state index contributed by atoms with van der Waals surface area (Å²) in [5.41, 5.74) is 0.590. The lowest BCUT2D eigenvalue weighted by atomic mass is 9.85. The Morgan fingerprint density at radius 3 is 2.36 bits per heavy atom. The molecule has 0 spiro atoms. The number of benzene rings is 1. The summed E-state index contributed by atoms with van der Waals surface area (Å²) >= 11 is 0. The minimum atomic E-state index is -2.76. The molecule has 1 saturated carbocycles. The van der Waals surface area contributed by atoms with Gasteiger partial charge in [0.15, 0.2) is 5.82 Å². The molecular formula is C32H44F2N8O3. The number of carbonyl (C=O) groups is 1. The Morgan fingerprint density at radius 1 is 0.978 bits per heavy atom. The lowest BCUT2D eigenvalue weighted by Crippen LogP contribution is -2.53. The highest BCUT2D eigenvalue weighted by molar-refractivity contribution is 5.78. The third-order valence-corrected chi connectivity index (χ3v) is 8.89. The molecule has 13 heteroatoms. The highest BCUT2D eigenvalue weighted by Gasteiger charge is 2.31. The second kappa shape index (κ2) is 13.4. The Labute approximate surface area is 262 Å². The monoisotopic (exact) mass is 626 g/mol. The number of ether oxygens (including phenoxy) is 2. The van der Waals surface area contributed by atoms with Gasteiger partial charge in [0.25, 0.3) is 6.43 Å². The zero-order chi connectivity index (χ0) is 31.6. The van der Waals surface area contributed by atoms with E-state index in [-0.39, 0.29) is 11.9 Å². The van der Waals surface area contributed by atoms with Gasteiger partial charge in [0.1, 0.15) is 17.2 Å². The van der Waals surface area contributed by atoms with Gasteiger partial charge in [-0.05, 0) is 64.5 Å². The summed E-state index contributed by atoms with van der Waals surface area (Å²) in [6.07, 6.45) is 1.34. The van der Waals surface area contributed by atoms with Crippen molar-refractivity contribution < 1.29 is 23.0 Å². The smallest absolute Gasteiger partial charge is 0.410 e. The average molecular weight is 627 g/mol. The van der Waals surface area contributed by atoms with Crippen molar-refractivity contribution in [1.29, 1.82) is 0 Å². The van der Waals surface area contributed by atoms with E-state index in [1.807, 2.05) is 31.7 Å². The van der Waals surface area contributed by atoms with E-state index >= 15 is 0 Å². The van der Waals surface area contributed by atoms with E-state index in [4.69, 9.17) is 19.4 Å². The molecule has 2 saturated heterocycles. The van der Waals surface area contributed by atoms with E-state index in [1.165, 1.54) is 4.57 Å². The number of fused-ring (bicyclic) bond motifs is 1. The van der Waals surface area contributed by atoms with Gasteiger partial charge >= 0.3 is 6.09 Å². The number of morpholine rings is 1. The first-order valence-electron chi connectivity index (χ1n) is 16.1. The Bertz CT molecular complexity index is 1460. The maximum atomic E-state index is 14.2. The van der Waals surface area contributed by atoms with Crippen molar-refractivity contribution in [1.82, 2.24) is 29.3 Å². The molecule has 2 aromatic heterocycles. The van der Waals surface area contributed by atoms with Gasteiger partial charge in [-0.25, -0.2) is 18.6 Å². The predicted molar refractivity (Wildman–Crippen MR) is 168 cm³/mol. The van der Waals surface area contributed by atoms with Crippen LogP contribution in [0.3, 0.4) is 0 Å². The van der Waals surface area contributed by atoms with Crippen molar-refractivity contribution in [2.45, 2.75) is 64.5 Å². The van der Waals surface area contributed by atoms with Crippen LogP contribution in [0, 0.1) is 5.92 Å². The van der Waals surface area contributed by atoms with Crippen molar-refractivity contribution >= 4 is 28.9 Å². The summed E-state index contributed by atoms with van der Waals surface area (Å²) in [7, 11) is 0. The van der Waals surface area contributed by atoms with Gasteiger partial charge < -0.3 is 24.6 Å². The fourth-order valence-electron chi connectivity index (χ4n) is 6.55. The van der Waals surface area contributed by atoms with E-state index < -0.39 is 12.0 Å². The topological polar surface area (TPSA) is 101 Å². The molecule has 3 aromatic rings. The number of anilines is 2. The molecule has 3 aliphatic rings. The Morgan fingerprint density at radius 2 is 1.67 bits per heavy atom. The molecule has 244 valence electrons. The Hall–Kier alpha value is -3.58. The number of nitrogens with one attached hydrogen (secondary N) is 1. The van der Waals surface area contributed by atoms with E-state index in [0.717, 1.165) is 38.8 Å². The largest absolute Gasteiger partial charge is 0.444 e. The highest BCUT2D eigenvalue weighted by Crippen LogP contribution is 2.31. The van der Waals surface area contributed by atoms with Crippen LogP contribution in [-0.4, -0.2) is 106 Å². The number of carbonyl (C=O) groups excluding carboxylic acids is 1. The summed E-state index contributed by atoms with van der Waals surface area (Å²) in [5.74, 6) is 1.59. The summed E-state index contributed by atoms with van der Waals surface area (Å²) in [4.78, 5) is 32.7. The number of nitrogens with zero attached hydrogens (tertiary/aromatic N) is 7. The van der Waals surface area contributed by atoms with Gasteiger partial charge in [-0.1, -0.05) is 12.1 Å². The first-order valence-corrected chi connectivity index (χ1v) is 16.1. The molecule has 1 N–H and O–H groups in total. The maximum absolute atomic E-state index is 14.2. The normalized spacial score (nSPS) is 21.8. The minimum absolute atomic E-state index is 0.230. The maximum Gasteiger partial charge on any atom is 0.410 e. The molecule has 6 rings (SSSR count). The molecule has 0 atom stereocenters. The van der Waals surface area contributed by atoms with Crippen LogP contribution < -0.4 is 10.2 Å². The standard InChI is InChI=1S/C32H44F2N8O3/c1-32(2,3)45-31(43)41-14-12-39(13-15-41)23-10-8-22(9-11-23)21-35-30-37-26(40-16-18-44-19-17-40)20-27(38-30)42-25-7-5-4-6-24(25)36-29(42)28(33)34/h4-7,20,22-23,28H,8-19,21H2,1-3H3,(H,35,37,38)/t22-,23-. The molecule has 0 radical (unpaired) electrons. The molecule has 3 fully saturated rings. The SMILES string of the molecule is CC(C)(C)OC(=O)N1CCN([C@H]2CC[C@H](CNc3nc(N4CCOCC4)cc(-n4c(C(F)F)nc5ccccc54)n3)CC2)CC1. The van der Waals surface area contributed by atoms with E-state index in [0.29, 0.717) is 86.5 Å². The van der Waals surface area contributed by atoms with Crippen LogP contribution in [-0.2, 0) is 9.47 Å². The second-order valence-corrected chi connectivity index (χ2v) is 13.2. The van der Waals surface area contributed by atoms with Gasteiger partial charge in [-0.3, -0.25) is 9.47 Å². The average Bonchev–Trinajstić information content (AvgIpc) is 3.44. The molecule has 1 aromatic carbocycles. The van der Waals surface area contributed by atoms with Crippen LogP contribution in [0.5, 0.6) is 0 Å². The second-order valence-electron chi connectivity index (χ2n) is 13.2. The van der Waals surface area contributed by atoms with Crippen LogP contribution in [0.2, 0.25) is 0 Å². The number of para-hydroxylation sites is 2. The van der Waals surface area contributed by atoms with Crippen molar-refractivity contribution in [3.63, 3.8) is 0 Å². The molecule has 1 amide bonds. The number of imidazole rings is 1. The number of rotatable bonds is 7. The number of hydrogen-bond acceptors (Lipinski definition) is 9. The summed E-state index contributed by atoms with van der Waals surface area (Å²) in [6.45, 7) is 12.0. The summed E-state index contributed by atoms with van der Waals surface area (Å²) in [5, 5.41) is 3.45. The zero-order valence-corrected chi connectivity index (χ0v) is 26.4. The third kappa shape index (κ3) is 7.46. The molecule has 0 unspecified atom stereocenters. The Kier molecular flexibility index (Phi) is 9.36. The van der Waals surface area contributed by atoms with Crippen molar-refractivity contribution in [2.75, 3.05) is 69.2 Å². The Balaban J connectivity index is 1.11. The first kappa shape index (κ1) is 31.4. The number of hydrogen-bond donors (Lipinski definition) is 1. The lowest BCUT2D eigenvalue weighted by molar-refractivity contribution is 0.00731. The van der Waals surface area contributed by atoms with Crippen LogP contribution in [0.1, 0.15) is 58.7 Å². The van der Waals surface area contributed by atoms with E-state index in [9.17, 15) is 13.6 Å². The summed E-state index contributed by atoms with van der Waals surface area (Å²) in [6, 6.07) is 9.41. The third-order valence-electron chi connectivity index (χ3n) is 8.89. The van der Waals surface area contributed by atoms with Gasteiger partial charge in [0.05, 0.1) is 24.2 Å². The van der Waals surface area contributed by atoms with Gasteiger partial charge in [-0.2, -0.15) is 9.97 Å². The lowest BCUT2D eigenvalue weighted by Gasteiger charge is -2.42.